The molecular formula is C24H27F2N3O3. The number of hydroxylamine groups is 2. The van der Waals surface area contributed by atoms with E-state index in [1.165, 1.54) is 11.1 Å². The fourth-order valence-electron chi connectivity index (χ4n) is 4.98. The molecule has 0 radical (unpaired) electrons. The van der Waals surface area contributed by atoms with Crippen molar-refractivity contribution in [3.8, 4) is 16.9 Å². The van der Waals surface area contributed by atoms with E-state index in [1.54, 1.807) is 13.1 Å². The minimum Gasteiger partial charge on any atom is -0.489 e. The molecule has 32 heavy (non-hydrogen) atoms. The fourth-order valence-corrected chi connectivity index (χ4v) is 4.98. The van der Waals surface area contributed by atoms with Crippen molar-refractivity contribution in [3.63, 3.8) is 0 Å². The lowest BCUT2D eigenvalue weighted by molar-refractivity contribution is -0.198. The molecular weight excluding hydrogens is 416 g/mol. The second kappa shape index (κ2) is 7.42. The van der Waals surface area contributed by atoms with Crippen molar-refractivity contribution in [2.45, 2.75) is 50.5 Å². The van der Waals surface area contributed by atoms with Crippen molar-refractivity contribution >= 4 is 5.96 Å². The highest BCUT2D eigenvalue weighted by atomic mass is 19.2. The van der Waals surface area contributed by atoms with E-state index >= 15 is 0 Å². The van der Waals surface area contributed by atoms with E-state index < -0.39 is 17.4 Å². The standard InChI is InChI=1S/C24H27F2N3O3/c1-23(2)12-16(8-9-30-23)21-13-24(28-22(27)29(3)32-24)17-10-14(5-7-20(17)31-21)15-4-6-18(25)19(26)11-15/h4-7,10-11,16,21H,8-9,12-13H2,1-3H3,(H2,27,28)/t16-,21+,24?/m0/s1. The van der Waals surface area contributed by atoms with Crippen molar-refractivity contribution in [1.29, 1.82) is 0 Å². The molecule has 3 aliphatic heterocycles. The Balaban J connectivity index is 1.56. The molecule has 2 aromatic carbocycles. The van der Waals surface area contributed by atoms with Gasteiger partial charge < -0.3 is 15.2 Å². The summed E-state index contributed by atoms with van der Waals surface area (Å²) in [6.07, 6.45) is 2.13. The van der Waals surface area contributed by atoms with Gasteiger partial charge in [-0.2, -0.15) is 0 Å². The number of ether oxygens (including phenoxy) is 2. The minimum atomic E-state index is -1.03. The van der Waals surface area contributed by atoms with Crippen LogP contribution in [0.4, 0.5) is 8.78 Å². The summed E-state index contributed by atoms with van der Waals surface area (Å²) in [6, 6.07) is 9.39. The largest absolute Gasteiger partial charge is 0.489 e. The summed E-state index contributed by atoms with van der Waals surface area (Å²) in [6.45, 7) is 4.87. The Labute approximate surface area is 185 Å². The van der Waals surface area contributed by atoms with E-state index in [4.69, 9.17) is 25.0 Å². The summed E-state index contributed by atoms with van der Waals surface area (Å²) in [7, 11) is 1.72. The molecule has 1 spiro atoms. The summed E-state index contributed by atoms with van der Waals surface area (Å²) in [5.74, 6) is -0.564. The lowest BCUT2D eigenvalue weighted by Crippen LogP contribution is -2.46. The molecule has 3 aliphatic rings. The molecule has 5 rings (SSSR count). The van der Waals surface area contributed by atoms with Crippen molar-refractivity contribution in [3.05, 3.63) is 53.6 Å². The van der Waals surface area contributed by atoms with Gasteiger partial charge in [-0.15, -0.1) is 0 Å². The first-order valence-electron chi connectivity index (χ1n) is 10.8. The number of fused-ring (bicyclic) bond motifs is 2. The molecule has 2 aromatic rings. The highest BCUT2D eigenvalue weighted by Gasteiger charge is 2.51. The molecule has 3 atom stereocenters. The van der Waals surface area contributed by atoms with Gasteiger partial charge in [0.05, 0.1) is 11.2 Å². The maximum atomic E-state index is 13.8. The Morgan fingerprint density at radius 3 is 2.50 bits per heavy atom. The fraction of sp³-hybridized carbons (Fsp3) is 0.458. The zero-order valence-corrected chi connectivity index (χ0v) is 18.4. The Bertz CT molecular complexity index is 1090. The molecule has 1 saturated heterocycles. The number of aliphatic imine (C=N–C) groups is 1. The van der Waals surface area contributed by atoms with Gasteiger partial charge >= 0.3 is 0 Å². The lowest BCUT2D eigenvalue weighted by Gasteiger charge is -2.44. The van der Waals surface area contributed by atoms with Crippen LogP contribution in [0.2, 0.25) is 0 Å². The molecule has 0 aliphatic carbocycles. The van der Waals surface area contributed by atoms with Gasteiger partial charge in [0, 0.05) is 26.0 Å². The van der Waals surface area contributed by atoms with Crippen molar-refractivity contribution < 1.29 is 23.1 Å². The summed E-state index contributed by atoms with van der Waals surface area (Å²) in [5, 5.41) is 1.46. The van der Waals surface area contributed by atoms with E-state index in [1.807, 2.05) is 18.2 Å². The van der Waals surface area contributed by atoms with E-state index in [9.17, 15) is 8.78 Å². The Kier molecular flexibility index (Phi) is 4.90. The predicted molar refractivity (Wildman–Crippen MR) is 116 cm³/mol. The van der Waals surface area contributed by atoms with Crippen LogP contribution in [0.1, 0.15) is 38.7 Å². The summed E-state index contributed by atoms with van der Waals surface area (Å²) < 4.78 is 39.6. The topological polar surface area (TPSA) is 69.3 Å². The van der Waals surface area contributed by atoms with Crippen LogP contribution in [0, 0.1) is 17.6 Å². The summed E-state index contributed by atoms with van der Waals surface area (Å²) >= 11 is 0. The molecule has 0 saturated carbocycles. The average Bonchev–Trinajstić information content (AvgIpc) is 3.02. The van der Waals surface area contributed by atoms with Crippen LogP contribution in [0.5, 0.6) is 5.75 Å². The normalized spacial score (nSPS) is 28.9. The van der Waals surface area contributed by atoms with Gasteiger partial charge in [0.1, 0.15) is 11.9 Å². The van der Waals surface area contributed by atoms with Gasteiger partial charge in [-0.25, -0.2) is 23.7 Å². The van der Waals surface area contributed by atoms with E-state index in [-0.39, 0.29) is 23.6 Å². The van der Waals surface area contributed by atoms with Crippen molar-refractivity contribution in [1.82, 2.24) is 5.06 Å². The first-order valence-corrected chi connectivity index (χ1v) is 10.8. The van der Waals surface area contributed by atoms with Gasteiger partial charge in [0.2, 0.25) is 11.7 Å². The van der Waals surface area contributed by atoms with E-state index in [0.717, 1.165) is 24.5 Å². The van der Waals surface area contributed by atoms with Gasteiger partial charge in [0.15, 0.2) is 11.6 Å². The molecule has 2 N–H and O–H groups in total. The summed E-state index contributed by atoms with van der Waals surface area (Å²) in [5.41, 5.74) is 6.83. The molecule has 1 unspecified atom stereocenters. The number of hydrogen-bond acceptors (Lipinski definition) is 6. The Morgan fingerprint density at radius 2 is 1.81 bits per heavy atom. The third-order valence-electron chi connectivity index (χ3n) is 6.58. The van der Waals surface area contributed by atoms with Crippen LogP contribution in [0.3, 0.4) is 0 Å². The molecule has 0 aromatic heterocycles. The van der Waals surface area contributed by atoms with Crippen LogP contribution in [0.25, 0.3) is 11.1 Å². The SMILES string of the molecule is CN1OC2(C[C@H]([C@H]3CCOC(C)(C)C3)Oc3ccc(-c4ccc(F)c(F)c4)cc32)N=C1N. The van der Waals surface area contributed by atoms with Crippen LogP contribution >= 0.6 is 0 Å². The van der Waals surface area contributed by atoms with Crippen LogP contribution < -0.4 is 10.5 Å². The Morgan fingerprint density at radius 1 is 1.06 bits per heavy atom. The average molecular weight is 443 g/mol. The highest BCUT2D eigenvalue weighted by molar-refractivity contribution is 5.79. The Hall–Kier alpha value is -2.71. The number of rotatable bonds is 2. The third kappa shape index (κ3) is 3.61. The van der Waals surface area contributed by atoms with Gasteiger partial charge in [-0.3, -0.25) is 0 Å². The van der Waals surface area contributed by atoms with Crippen molar-refractivity contribution in [2.75, 3.05) is 13.7 Å². The molecule has 0 amide bonds. The number of nitrogens with zero attached hydrogens (tertiary/aromatic N) is 2. The van der Waals surface area contributed by atoms with Crippen LogP contribution in [0.15, 0.2) is 41.4 Å². The van der Waals surface area contributed by atoms with Crippen LogP contribution in [-0.2, 0) is 15.3 Å². The van der Waals surface area contributed by atoms with E-state index in [0.29, 0.717) is 29.9 Å². The second-order valence-corrected chi connectivity index (χ2v) is 9.40. The van der Waals surface area contributed by atoms with Gasteiger partial charge in [-0.1, -0.05) is 12.1 Å². The molecule has 170 valence electrons. The van der Waals surface area contributed by atoms with Gasteiger partial charge in [0.25, 0.3) is 0 Å². The molecule has 6 nitrogen and oxygen atoms in total. The molecule has 8 heteroatoms. The maximum absolute atomic E-state index is 13.8. The molecule has 0 bridgehead atoms. The number of guanidine groups is 1. The van der Waals surface area contributed by atoms with E-state index in [2.05, 4.69) is 13.8 Å². The molecule has 3 heterocycles. The van der Waals surface area contributed by atoms with Gasteiger partial charge in [-0.05, 0) is 62.1 Å². The lowest BCUT2D eigenvalue weighted by atomic mass is 9.79. The maximum Gasteiger partial charge on any atom is 0.221 e. The van der Waals surface area contributed by atoms with Crippen molar-refractivity contribution in [2.24, 2.45) is 16.6 Å². The minimum absolute atomic E-state index is 0.122. The highest BCUT2D eigenvalue weighted by Crippen LogP contribution is 2.49. The number of hydrogen-bond donors (Lipinski definition) is 1. The summed E-state index contributed by atoms with van der Waals surface area (Å²) in [4.78, 5) is 10.9. The first kappa shape index (κ1) is 21.2. The monoisotopic (exact) mass is 443 g/mol. The number of benzene rings is 2. The smallest absolute Gasteiger partial charge is 0.221 e. The molecule has 1 fully saturated rings. The third-order valence-corrected chi connectivity index (χ3v) is 6.58. The number of halogens is 2. The zero-order valence-electron chi connectivity index (χ0n) is 18.4. The zero-order chi connectivity index (χ0) is 22.7. The second-order valence-electron chi connectivity index (χ2n) is 9.40. The quantitative estimate of drug-likeness (QED) is 0.748. The van der Waals surface area contributed by atoms with Crippen LogP contribution in [-0.4, -0.2) is 36.4 Å². The predicted octanol–water partition coefficient (Wildman–Crippen LogP) is 4.33. The number of nitrogens with two attached hydrogens (primary N) is 1. The first-order chi connectivity index (χ1) is 15.2.